The Morgan fingerprint density at radius 2 is 1.74 bits per heavy atom. The molecule has 1 aromatic heterocycles. The first-order valence-corrected chi connectivity index (χ1v) is 7.61. The van der Waals surface area contributed by atoms with Crippen molar-refractivity contribution in [2.24, 2.45) is 35.5 Å². The van der Waals surface area contributed by atoms with Crippen molar-refractivity contribution in [3.05, 3.63) is 23.7 Å². The summed E-state index contributed by atoms with van der Waals surface area (Å²) in [5.74, 6) is 1.63. The van der Waals surface area contributed by atoms with E-state index >= 15 is 0 Å². The second-order valence-corrected chi connectivity index (χ2v) is 6.85. The number of imide groups is 1. The van der Waals surface area contributed by atoms with E-state index in [0.29, 0.717) is 28.8 Å². The molecule has 1 aliphatic heterocycles. The number of allylic oxidation sites excluding steroid dienone is 2. The van der Waals surface area contributed by atoms with E-state index in [1.54, 1.807) is 6.20 Å². The average Bonchev–Trinajstić information content (AvgIpc) is 3.01. The highest BCUT2D eigenvalue weighted by molar-refractivity contribution is 7.14. The summed E-state index contributed by atoms with van der Waals surface area (Å²) in [6, 6.07) is 0. The lowest BCUT2D eigenvalue weighted by Gasteiger charge is -2.37. The Morgan fingerprint density at radius 1 is 1.11 bits per heavy atom. The molecule has 0 spiro atoms. The molecule has 2 bridgehead atoms. The summed E-state index contributed by atoms with van der Waals surface area (Å²) in [6.45, 7) is 0. The number of rotatable bonds is 1. The lowest BCUT2D eigenvalue weighted by atomic mass is 9.63. The summed E-state index contributed by atoms with van der Waals surface area (Å²) in [5, 5.41) is 2.35. The molecule has 4 aliphatic carbocycles. The Morgan fingerprint density at radius 3 is 2.26 bits per heavy atom. The summed E-state index contributed by atoms with van der Waals surface area (Å²) >= 11 is 1.36. The van der Waals surface area contributed by atoms with E-state index in [4.69, 9.17) is 0 Å². The number of hydrogen-bond acceptors (Lipinski definition) is 4. The summed E-state index contributed by atoms with van der Waals surface area (Å²) in [7, 11) is 0. The summed E-state index contributed by atoms with van der Waals surface area (Å²) in [6.07, 6.45) is 7.23. The fraction of sp³-hybridized carbons (Fsp3) is 0.500. The first kappa shape index (κ1) is 10.3. The van der Waals surface area contributed by atoms with Crippen molar-refractivity contribution in [1.29, 1.82) is 0 Å². The molecule has 5 aliphatic rings. The molecule has 0 radical (unpaired) electrons. The zero-order chi connectivity index (χ0) is 12.7. The maximum atomic E-state index is 12.6. The van der Waals surface area contributed by atoms with Gasteiger partial charge >= 0.3 is 0 Å². The van der Waals surface area contributed by atoms with Crippen LogP contribution in [0.4, 0.5) is 5.13 Å². The van der Waals surface area contributed by atoms with E-state index in [0.717, 1.165) is 0 Å². The summed E-state index contributed by atoms with van der Waals surface area (Å²) in [4.78, 5) is 30.8. The highest BCUT2D eigenvalue weighted by Crippen LogP contribution is 2.65. The van der Waals surface area contributed by atoms with Crippen molar-refractivity contribution in [3.63, 3.8) is 0 Å². The first-order valence-electron chi connectivity index (χ1n) is 6.73. The molecule has 0 N–H and O–H groups in total. The van der Waals surface area contributed by atoms with Crippen molar-refractivity contribution in [1.82, 2.24) is 4.98 Å². The van der Waals surface area contributed by atoms with Gasteiger partial charge in [-0.15, -0.1) is 11.3 Å². The van der Waals surface area contributed by atoms with Gasteiger partial charge in [-0.1, -0.05) is 12.2 Å². The molecule has 96 valence electrons. The average molecular weight is 272 g/mol. The molecule has 19 heavy (non-hydrogen) atoms. The molecule has 4 nitrogen and oxygen atoms in total. The number of nitrogens with zero attached hydrogens (tertiary/aromatic N) is 2. The molecule has 5 heteroatoms. The molecule has 1 aromatic rings. The predicted octanol–water partition coefficient (Wildman–Crippen LogP) is 1.70. The van der Waals surface area contributed by atoms with Crippen molar-refractivity contribution in [2.75, 3.05) is 4.90 Å². The quantitative estimate of drug-likeness (QED) is 0.577. The second-order valence-electron chi connectivity index (χ2n) is 5.98. The van der Waals surface area contributed by atoms with Crippen LogP contribution in [-0.4, -0.2) is 16.8 Å². The highest BCUT2D eigenvalue weighted by Gasteiger charge is 2.67. The van der Waals surface area contributed by atoms with Gasteiger partial charge in [-0.3, -0.25) is 9.59 Å². The molecule has 0 unspecified atom stereocenters. The van der Waals surface area contributed by atoms with Gasteiger partial charge < -0.3 is 0 Å². The minimum atomic E-state index is -0.116. The van der Waals surface area contributed by atoms with Crippen molar-refractivity contribution in [2.45, 2.75) is 6.42 Å². The van der Waals surface area contributed by atoms with Crippen molar-refractivity contribution >= 4 is 28.3 Å². The van der Waals surface area contributed by atoms with Gasteiger partial charge in [0.1, 0.15) is 0 Å². The number of anilines is 1. The molecular formula is C14H12N2O2S. The zero-order valence-corrected chi connectivity index (χ0v) is 10.9. The van der Waals surface area contributed by atoms with Gasteiger partial charge in [0.2, 0.25) is 11.8 Å². The van der Waals surface area contributed by atoms with Crippen LogP contribution >= 0.6 is 11.3 Å². The van der Waals surface area contributed by atoms with Gasteiger partial charge in [0.25, 0.3) is 0 Å². The van der Waals surface area contributed by atoms with Gasteiger partial charge in [-0.25, -0.2) is 9.88 Å². The van der Waals surface area contributed by atoms with Gasteiger partial charge in [0.05, 0.1) is 11.8 Å². The molecule has 6 rings (SSSR count). The normalized spacial score (nSPS) is 45.6. The first-order chi connectivity index (χ1) is 9.27. The zero-order valence-electron chi connectivity index (χ0n) is 10.1. The minimum Gasteiger partial charge on any atom is -0.274 e. The lowest BCUT2D eigenvalue weighted by molar-refractivity contribution is -0.124. The largest absolute Gasteiger partial charge is 0.274 e. The number of carbonyl (C=O) groups excluding carboxylic acids is 2. The Kier molecular flexibility index (Phi) is 1.71. The monoisotopic (exact) mass is 272 g/mol. The second kappa shape index (κ2) is 3.15. The Hall–Kier alpha value is -1.49. The third-order valence-corrected chi connectivity index (χ3v) is 6.03. The maximum absolute atomic E-state index is 12.6. The van der Waals surface area contributed by atoms with E-state index in [1.165, 1.54) is 22.7 Å². The van der Waals surface area contributed by atoms with Crippen LogP contribution in [0.15, 0.2) is 23.7 Å². The van der Waals surface area contributed by atoms with Crippen LogP contribution in [0.2, 0.25) is 0 Å². The standard InChI is InChI=1S/C14H12N2O2S/c17-12-10-6-1-2-7(9-5-8(6)9)11(10)13(18)16(12)14-15-3-4-19-14/h1-4,6-11H,5H2/t6-,7-,8-,9+,10+,11+/m0/s1. The van der Waals surface area contributed by atoms with Crippen LogP contribution in [0.5, 0.6) is 0 Å². The smallest absolute Gasteiger partial charge is 0.240 e. The maximum Gasteiger partial charge on any atom is 0.240 e. The Balaban J connectivity index is 1.62. The van der Waals surface area contributed by atoms with E-state index < -0.39 is 0 Å². The number of aromatic nitrogens is 1. The predicted molar refractivity (Wildman–Crippen MR) is 69.3 cm³/mol. The van der Waals surface area contributed by atoms with Gasteiger partial charge in [-0.2, -0.15) is 0 Å². The molecule has 2 saturated carbocycles. The SMILES string of the molecule is O=C1[C@@H]2[C@H]3C=C[C@@H]([C@@H]4C[C@H]34)[C@H]2C(=O)N1c1nccs1. The molecule has 3 fully saturated rings. The highest BCUT2D eigenvalue weighted by atomic mass is 32.1. The third kappa shape index (κ3) is 1.09. The number of amides is 2. The minimum absolute atomic E-state index is 0.0188. The molecule has 1 saturated heterocycles. The molecule has 0 aromatic carbocycles. The lowest BCUT2D eigenvalue weighted by Crippen LogP contribution is -2.40. The molecule has 6 atom stereocenters. The van der Waals surface area contributed by atoms with E-state index in [2.05, 4.69) is 17.1 Å². The molecular weight excluding hydrogens is 260 g/mol. The number of thiazole rings is 1. The molecule has 2 amide bonds. The summed E-state index contributed by atoms with van der Waals surface area (Å²) in [5.41, 5.74) is 0. The number of carbonyl (C=O) groups is 2. The third-order valence-electron chi connectivity index (χ3n) is 5.27. The fourth-order valence-corrected chi connectivity index (χ4v) is 5.12. The van der Waals surface area contributed by atoms with Gasteiger partial charge in [0, 0.05) is 11.6 Å². The van der Waals surface area contributed by atoms with Crippen LogP contribution in [0.3, 0.4) is 0 Å². The van der Waals surface area contributed by atoms with Crippen molar-refractivity contribution in [3.8, 4) is 0 Å². The fourth-order valence-electron chi connectivity index (χ4n) is 4.47. The van der Waals surface area contributed by atoms with Crippen LogP contribution in [-0.2, 0) is 9.59 Å². The topological polar surface area (TPSA) is 50.3 Å². The van der Waals surface area contributed by atoms with Crippen LogP contribution in [0, 0.1) is 35.5 Å². The van der Waals surface area contributed by atoms with Gasteiger partial charge in [-0.05, 0) is 30.1 Å². The summed E-state index contributed by atoms with van der Waals surface area (Å²) < 4.78 is 0. The van der Waals surface area contributed by atoms with E-state index in [1.807, 2.05) is 5.38 Å². The van der Waals surface area contributed by atoms with E-state index in [9.17, 15) is 9.59 Å². The Labute approximate surface area is 114 Å². The molecule has 2 heterocycles. The van der Waals surface area contributed by atoms with Crippen LogP contribution in [0.25, 0.3) is 0 Å². The Bertz CT molecular complexity index is 587. The van der Waals surface area contributed by atoms with E-state index in [-0.39, 0.29) is 23.7 Å². The van der Waals surface area contributed by atoms with Crippen LogP contribution < -0.4 is 4.90 Å². The van der Waals surface area contributed by atoms with Crippen molar-refractivity contribution < 1.29 is 9.59 Å². The van der Waals surface area contributed by atoms with Crippen LogP contribution in [0.1, 0.15) is 6.42 Å². The number of hydrogen-bond donors (Lipinski definition) is 0. The van der Waals surface area contributed by atoms with Gasteiger partial charge in [0.15, 0.2) is 5.13 Å².